The van der Waals surface area contributed by atoms with Gasteiger partial charge in [-0.1, -0.05) is 52.4 Å². The monoisotopic (exact) mass is 566 g/mol. The maximum atomic E-state index is 3.23. The van der Waals surface area contributed by atoms with Crippen LogP contribution in [0.3, 0.4) is 0 Å². The van der Waals surface area contributed by atoms with Gasteiger partial charge in [-0.25, -0.2) is 12.1 Å². The van der Waals surface area contributed by atoms with Gasteiger partial charge in [0.2, 0.25) is 0 Å². The predicted octanol–water partition coefficient (Wildman–Crippen LogP) is 1.96. The first-order valence-corrected chi connectivity index (χ1v) is 13.2. The van der Waals surface area contributed by atoms with Crippen LogP contribution in [0.25, 0.3) is 0 Å². The molecule has 3 heteroatoms. The first-order chi connectivity index (χ1) is 15.7. The van der Waals surface area contributed by atoms with E-state index in [4.69, 9.17) is 0 Å². The Labute approximate surface area is 234 Å². The second-order valence-corrected chi connectivity index (χ2v) is 9.48. The Morgan fingerprint density at radius 3 is 1.91 bits per heavy atom. The van der Waals surface area contributed by atoms with E-state index in [1.54, 1.807) is 16.7 Å². The van der Waals surface area contributed by atoms with E-state index in [1.807, 2.05) is 0 Å². The number of halogens is 2. The van der Waals surface area contributed by atoms with Crippen LogP contribution < -0.4 is 24.8 Å². The zero-order valence-electron chi connectivity index (χ0n) is 20.3. The number of rotatable bonds is 4. The van der Waals surface area contributed by atoms with Crippen LogP contribution in [-0.4, -0.2) is 3.21 Å². The van der Waals surface area contributed by atoms with E-state index in [0.717, 1.165) is 6.42 Å². The van der Waals surface area contributed by atoms with Crippen molar-refractivity contribution in [3.63, 3.8) is 0 Å². The van der Waals surface area contributed by atoms with Crippen molar-refractivity contribution in [2.45, 2.75) is 58.8 Å². The Kier molecular flexibility index (Phi) is 15.4. The molecule has 3 aromatic rings. The molecule has 0 nitrogen and oxygen atoms in total. The largest absolute Gasteiger partial charge is 0.210 e. The van der Waals surface area contributed by atoms with E-state index in [-0.39, 0.29) is 24.8 Å². The topological polar surface area (TPSA) is 0 Å². The van der Waals surface area contributed by atoms with E-state index >= 15 is 0 Å². The second kappa shape index (κ2) is 17.1. The molecule has 0 N–H and O–H groups in total. The minimum atomic E-state index is 0. The summed E-state index contributed by atoms with van der Waals surface area (Å²) in [6.07, 6.45) is 14.3. The van der Waals surface area contributed by atoms with Crippen molar-refractivity contribution >= 4 is 3.21 Å². The maximum Gasteiger partial charge on any atom is -0.0512 e. The Balaban J connectivity index is 0.000000257. The molecule has 0 heterocycles. The summed E-state index contributed by atoms with van der Waals surface area (Å²) in [7, 11) is 0. The van der Waals surface area contributed by atoms with Crippen LogP contribution in [0.15, 0.2) is 96.1 Å². The van der Waals surface area contributed by atoms with Crippen molar-refractivity contribution < 1.29 is 49.0 Å². The fourth-order valence-electron chi connectivity index (χ4n) is 4.21. The summed E-state index contributed by atoms with van der Waals surface area (Å²) in [5.41, 5.74) is 8.95. The van der Waals surface area contributed by atoms with Crippen LogP contribution in [0.5, 0.6) is 0 Å². The molecular formula is C31H34Cl2Zr-2. The van der Waals surface area contributed by atoms with E-state index in [2.05, 4.69) is 105 Å². The summed E-state index contributed by atoms with van der Waals surface area (Å²) in [5.74, 6) is 0. The van der Waals surface area contributed by atoms with Gasteiger partial charge in [-0.15, -0.1) is 6.42 Å². The van der Waals surface area contributed by atoms with Gasteiger partial charge in [0.05, 0.1) is 0 Å². The van der Waals surface area contributed by atoms with Crippen LogP contribution in [0.1, 0.15) is 68.2 Å². The summed E-state index contributed by atoms with van der Waals surface area (Å²) in [4.78, 5) is 0. The van der Waals surface area contributed by atoms with Gasteiger partial charge in [0, 0.05) is 0 Å². The fourth-order valence-corrected chi connectivity index (χ4v) is 5.03. The molecule has 2 aliphatic rings. The van der Waals surface area contributed by atoms with Crippen molar-refractivity contribution in [3.8, 4) is 0 Å². The van der Waals surface area contributed by atoms with Gasteiger partial charge < -0.3 is 24.8 Å². The maximum absolute atomic E-state index is 3.23. The van der Waals surface area contributed by atoms with Crippen LogP contribution in [0.4, 0.5) is 0 Å². The molecule has 34 heavy (non-hydrogen) atoms. The molecule has 0 spiro atoms. The van der Waals surface area contributed by atoms with Crippen LogP contribution in [0, 0.1) is 6.08 Å². The minimum Gasteiger partial charge on any atom is -0.210 e. The molecule has 0 aliphatic heterocycles. The van der Waals surface area contributed by atoms with Gasteiger partial charge in [-0.3, -0.25) is 6.08 Å². The molecule has 0 amide bonds. The van der Waals surface area contributed by atoms with Crippen LogP contribution in [0.2, 0.25) is 0 Å². The number of hydrogen-bond donors (Lipinski definition) is 0. The summed E-state index contributed by atoms with van der Waals surface area (Å²) in [5, 5.41) is 0. The molecule has 5 rings (SSSR count). The van der Waals surface area contributed by atoms with E-state index in [9.17, 15) is 0 Å². The van der Waals surface area contributed by atoms with Crippen molar-refractivity contribution in [2.75, 3.05) is 0 Å². The normalized spacial score (nSPS) is 13.3. The zero-order chi connectivity index (χ0) is 22.6. The van der Waals surface area contributed by atoms with Crippen molar-refractivity contribution in [1.29, 1.82) is 0 Å². The Morgan fingerprint density at radius 2 is 1.41 bits per heavy atom. The molecule has 0 atom stereocenters. The Morgan fingerprint density at radius 1 is 0.824 bits per heavy atom. The smallest absolute Gasteiger partial charge is 0.0512 e. The minimum absolute atomic E-state index is 0. The molecule has 2 aliphatic carbocycles. The third kappa shape index (κ3) is 9.33. The van der Waals surface area contributed by atoms with E-state index < -0.39 is 0 Å². The SMILES string of the molecule is CCC1=C(CC)C[C-]=C1.[Cl-].[Cl-].[Zr+2]=[C](c1ccccc1)c1ccccc1.c1cc2c([cH-]1)CCCC2. The van der Waals surface area contributed by atoms with Gasteiger partial charge in [0.1, 0.15) is 0 Å². The quantitative estimate of drug-likeness (QED) is 0.423. The average Bonchev–Trinajstić information content (AvgIpc) is 3.54. The molecule has 0 aromatic heterocycles. The molecular weight excluding hydrogens is 534 g/mol. The van der Waals surface area contributed by atoms with Gasteiger partial charge in [0.25, 0.3) is 0 Å². The van der Waals surface area contributed by atoms with Crippen molar-refractivity contribution in [3.05, 3.63) is 124 Å². The number of hydrogen-bond acceptors (Lipinski definition) is 0. The standard InChI is InChI=1S/C13H10.C9H11.C9H13.2ClH.Zr/c1-3-7-12(8-4-1)11-13-9-5-2-6-10-13;1-2-5-9-7-3-6-8(9)4-1;1-3-8-6-5-7-9(8)4-2;;;/h1-10H;3,6-7H,1-2,4-5H2;6H,3-4,7H2,1-2H3;2*1H;/q;2*-1;;;+2/p-2. The number of allylic oxidation sites excluding steroid dienone is 4. The Bertz CT molecular complexity index is 968. The van der Waals surface area contributed by atoms with Gasteiger partial charge in [-0.05, 0) is 0 Å². The summed E-state index contributed by atoms with van der Waals surface area (Å²) in [6.45, 7) is 4.42. The molecule has 0 bridgehead atoms. The summed E-state index contributed by atoms with van der Waals surface area (Å²) >= 11 is 1.46. The Hall–Kier alpha value is -1.40. The molecule has 0 saturated carbocycles. The number of benzene rings is 2. The fraction of sp³-hybridized carbons (Fsp3) is 0.290. The van der Waals surface area contributed by atoms with Crippen molar-refractivity contribution in [1.82, 2.24) is 0 Å². The molecule has 0 fully saturated rings. The molecule has 3 aromatic carbocycles. The zero-order valence-corrected chi connectivity index (χ0v) is 24.3. The van der Waals surface area contributed by atoms with Crippen molar-refractivity contribution in [2.24, 2.45) is 0 Å². The first-order valence-electron chi connectivity index (χ1n) is 11.9. The molecule has 178 valence electrons. The predicted molar refractivity (Wildman–Crippen MR) is 135 cm³/mol. The average molecular weight is 569 g/mol. The van der Waals surface area contributed by atoms with E-state index in [1.165, 1.54) is 82.7 Å². The van der Waals surface area contributed by atoms with Crippen LogP contribution >= 0.6 is 0 Å². The van der Waals surface area contributed by atoms with E-state index in [0.29, 0.717) is 0 Å². The summed E-state index contributed by atoms with van der Waals surface area (Å²) in [6, 6.07) is 27.8. The molecule has 0 saturated heterocycles. The van der Waals surface area contributed by atoms with Crippen LogP contribution in [-0.2, 0) is 37.1 Å². The van der Waals surface area contributed by atoms with Gasteiger partial charge in [-0.2, -0.15) is 34.4 Å². The molecule has 0 unspecified atom stereocenters. The second-order valence-electron chi connectivity index (χ2n) is 8.25. The number of fused-ring (bicyclic) bond motifs is 1. The number of aryl methyl sites for hydroxylation is 2. The third-order valence-corrected chi connectivity index (χ3v) is 7.55. The third-order valence-electron chi connectivity index (χ3n) is 6.13. The van der Waals surface area contributed by atoms with Gasteiger partial charge >= 0.3 is 99.2 Å². The molecule has 0 radical (unpaired) electrons. The summed E-state index contributed by atoms with van der Waals surface area (Å²) < 4.78 is 1.42. The first kappa shape index (κ1) is 30.6. The van der Waals surface area contributed by atoms with Gasteiger partial charge in [0.15, 0.2) is 0 Å².